The summed E-state index contributed by atoms with van der Waals surface area (Å²) in [6, 6.07) is 13.7. The van der Waals surface area contributed by atoms with Gasteiger partial charge in [-0.15, -0.1) is 0 Å². The maximum Gasteiger partial charge on any atom is 0.251 e. The second kappa shape index (κ2) is 8.32. The molecule has 4 heteroatoms. The quantitative estimate of drug-likeness (QED) is 0.840. The number of anilines is 2. The fraction of sp³-hybridized carbons (Fsp3) is 0.368. The molecule has 0 saturated heterocycles. The van der Waals surface area contributed by atoms with Gasteiger partial charge in [-0.3, -0.25) is 4.79 Å². The van der Waals surface area contributed by atoms with Crippen LogP contribution in [0.25, 0.3) is 0 Å². The van der Waals surface area contributed by atoms with E-state index in [0.29, 0.717) is 18.0 Å². The first-order valence-electron chi connectivity index (χ1n) is 8.18. The molecule has 0 saturated carbocycles. The first-order valence-corrected chi connectivity index (χ1v) is 8.18. The molecule has 0 bridgehead atoms. The van der Waals surface area contributed by atoms with Gasteiger partial charge >= 0.3 is 0 Å². The van der Waals surface area contributed by atoms with E-state index in [1.165, 1.54) is 0 Å². The number of pyridine rings is 1. The van der Waals surface area contributed by atoms with Crippen LogP contribution in [-0.2, 0) is 0 Å². The number of nitrogens with one attached hydrogen (secondary N) is 1. The summed E-state index contributed by atoms with van der Waals surface area (Å²) in [5.41, 5.74) is 1.72. The molecular formula is C19H25N3O. The summed E-state index contributed by atoms with van der Waals surface area (Å²) in [7, 11) is 0. The molecule has 0 aliphatic heterocycles. The molecule has 122 valence electrons. The van der Waals surface area contributed by atoms with Crippen LogP contribution in [0.15, 0.2) is 48.7 Å². The van der Waals surface area contributed by atoms with Crippen molar-refractivity contribution in [1.29, 1.82) is 0 Å². The Bertz CT molecular complexity index is 626. The van der Waals surface area contributed by atoms with Crippen LogP contribution in [0.2, 0.25) is 0 Å². The molecule has 0 aliphatic rings. The first kappa shape index (κ1) is 17.0. The van der Waals surface area contributed by atoms with E-state index in [1.807, 2.05) is 36.4 Å². The van der Waals surface area contributed by atoms with E-state index in [2.05, 4.69) is 36.0 Å². The van der Waals surface area contributed by atoms with Gasteiger partial charge in [-0.1, -0.05) is 32.0 Å². The lowest BCUT2D eigenvalue weighted by Crippen LogP contribution is -2.26. The minimum absolute atomic E-state index is 0.0431. The summed E-state index contributed by atoms with van der Waals surface area (Å²) in [6.07, 6.45) is 2.67. The Morgan fingerprint density at radius 2 is 1.96 bits per heavy atom. The Morgan fingerprint density at radius 3 is 2.61 bits per heavy atom. The summed E-state index contributed by atoms with van der Waals surface area (Å²) >= 11 is 0. The molecule has 0 aliphatic carbocycles. The molecule has 0 atom stereocenters. The molecule has 2 aromatic rings. The van der Waals surface area contributed by atoms with Crippen LogP contribution in [-0.4, -0.2) is 24.0 Å². The molecule has 1 aromatic carbocycles. The van der Waals surface area contributed by atoms with E-state index in [-0.39, 0.29) is 5.91 Å². The summed E-state index contributed by atoms with van der Waals surface area (Å²) in [6.45, 7) is 7.86. The highest BCUT2D eigenvalue weighted by Crippen LogP contribution is 2.23. The Kier molecular flexibility index (Phi) is 6.15. The second-order valence-electron chi connectivity index (χ2n) is 5.92. The number of amides is 1. The molecule has 1 N–H and O–H groups in total. The van der Waals surface area contributed by atoms with Crippen LogP contribution < -0.4 is 10.2 Å². The van der Waals surface area contributed by atoms with Crippen molar-refractivity contribution < 1.29 is 4.79 Å². The predicted molar refractivity (Wildman–Crippen MR) is 95.1 cm³/mol. The fourth-order valence-corrected chi connectivity index (χ4v) is 2.37. The van der Waals surface area contributed by atoms with E-state index in [1.54, 1.807) is 12.3 Å². The van der Waals surface area contributed by atoms with E-state index in [0.717, 1.165) is 24.5 Å². The zero-order chi connectivity index (χ0) is 16.7. The van der Waals surface area contributed by atoms with Crippen molar-refractivity contribution in [3.63, 3.8) is 0 Å². The zero-order valence-corrected chi connectivity index (χ0v) is 14.1. The van der Waals surface area contributed by atoms with Crippen molar-refractivity contribution in [3.05, 3.63) is 54.2 Å². The number of rotatable bonds is 7. The Labute approximate surface area is 138 Å². The van der Waals surface area contributed by atoms with Crippen molar-refractivity contribution >= 4 is 17.4 Å². The molecule has 0 spiro atoms. The Morgan fingerprint density at radius 1 is 1.22 bits per heavy atom. The number of nitrogens with zero attached hydrogens (tertiary/aromatic N) is 2. The van der Waals surface area contributed by atoms with Crippen LogP contribution in [0.3, 0.4) is 0 Å². The predicted octanol–water partition coefficient (Wildman–Crippen LogP) is 4.02. The molecule has 1 aromatic heterocycles. The maximum absolute atomic E-state index is 12.3. The smallest absolute Gasteiger partial charge is 0.251 e. The molecule has 0 unspecified atom stereocenters. The van der Waals surface area contributed by atoms with Gasteiger partial charge in [-0.2, -0.15) is 0 Å². The van der Waals surface area contributed by atoms with Gasteiger partial charge < -0.3 is 10.2 Å². The van der Waals surface area contributed by atoms with Crippen LogP contribution in [0.4, 0.5) is 11.5 Å². The average Bonchev–Trinajstić information content (AvgIpc) is 2.56. The molecular weight excluding hydrogens is 286 g/mol. The minimum atomic E-state index is -0.0431. The van der Waals surface area contributed by atoms with E-state index in [9.17, 15) is 4.79 Å². The van der Waals surface area contributed by atoms with E-state index >= 15 is 0 Å². The molecule has 1 heterocycles. The number of aromatic nitrogens is 1. The standard InChI is InChI=1S/C19H25N3O/c1-4-22(17-8-6-5-7-9-17)18-14-16(11-13-20-18)19(23)21-12-10-15(2)3/h5-9,11,13-15H,4,10,12H2,1-3H3,(H,21,23). The SMILES string of the molecule is CCN(c1ccccc1)c1cc(C(=O)NCCC(C)C)ccn1. The second-order valence-corrected chi connectivity index (χ2v) is 5.92. The van der Waals surface area contributed by atoms with Crippen LogP contribution in [0.1, 0.15) is 37.6 Å². The van der Waals surface area contributed by atoms with Gasteiger partial charge in [0.15, 0.2) is 0 Å². The lowest BCUT2D eigenvalue weighted by molar-refractivity contribution is 0.0952. The third kappa shape index (κ3) is 4.81. The molecule has 4 nitrogen and oxygen atoms in total. The number of hydrogen-bond donors (Lipinski definition) is 1. The number of benzene rings is 1. The minimum Gasteiger partial charge on any atom is -0.352 e. The number of hydrogen-bond acceptors (Lipinski definition) is 3. The van der Waals surface area contributed by atoms with Gasteiger partial charge in [0.25, 0.3) is 5.91 Å². The third-order valence-electron chi connectivity index (χ3n) is 3.68. The Balaban J connectivity index is 2.13. The average molecular weight is 311 g/mol. The molecule has 2 rings (SSSR count). The van der Waals surface area contributed by atoms with Crippen molar-refractivity contribution in [1.82, 2.24) is 10.3 Å². The van der Waals surface area contributed by atoms with Crippen LogP contribution >= 0.6 is 0 Å². The first-order chi connectivity index (χ1) is 11.1. The van der Waals surface area contributed by atoms with Crippen molar-refractivity contribution in [2.75, 3.05) is 18.0 Å². The molecule has 1 amide bonds. The van der Waals surface area contributed by atoms with Gasteiger partial charge in [0, 0.05) is 30.5 Å². The summed E-state index contributed by atoms with van der Waals surface area (Å²) in [5.74, 6) is 1.32. The summed E-state index contributed by atoms with van der Waals surface area (Å²) in [5, 5.41) is 2.97. The van der Waals surface area contributed by atoms with Crippen LogP contribution in [0, 0.1) is 5.92 Å². The third-order valence-corrected chi connectivity index (χ3v) is 3.68. The highest BCUT2D eigenvalue weighted by Gasteiger charge is 2.12. The fourth-order valence-electron chi connectivity index (χ4n) is 2.37. The number of carbonyl (C=O) groups excluding carboxylic acids is 1. The van der Waals surface area contributed by atoms with Crippen molar-refractivity contribution in [2.45, 2.75) is 27.2 Å². The molecule has 0 radical (unpaired) electrons. The Hall–Kier alpha value is -2.36. The highest BCUT2D eigenvalue weighted by atomic mass is 16.1. The highest BCUT2D eigenvalue weighted by molar-refractivity contribution is 5.95. The summed E-state index contributed by atoms with van der Waals surface area (Å²) in [4.78, 5) is 18.8. The zero-order valence-electron chi connectivity index (χ0n) is 14.1. The van der Waals surface area contributed by atoms with E-state index < -0.39 is 0 Å². The lowest BCUT2D eigenvalue weighted by atomic mass is 10.1. The normalized spacial score (nSPS) is 10.6. The van der Waals surface area contributed by atoms with Gasteiger partial charge in [-0.25, -0.2) is 4.98 Å². The summed E-state index contributed by atoms with van der Waals surface area (Å²) < 4.78 is 0. The van der Waals surface area contributed by atoms with Gasteiger partial charge in [-0.05, 0) is 43.5 Å². The van der Waals surface area contributed by atoms with Crippen molar-refractivity contribution in [3.8, 4) is 0 Å². The van der Waals surface area contributed by atoms with Gasteiger partial charge in [0.1, 0.15) is 5.82 Å². The monoisotopic (exact) mass is 311 g/mol. The van der Waals surface area contributed by atoms with Gasteiger partial charge in [0.2, 0.25) is 0 Å². The van der Waals surface area contributed by atoms with Crippen molar-refractivity contribution in [2.24, 2.45) is 5.92 Å². The van der Waals surface area contributed by atoms with E-state index in [4.69, 9.17) is 0 Å². The molecule has 23 heavy (non-hydrogen) atoms. The maximum atomic E-state index is 12.3. The number of para-hydroxylation sites is 1. The van der Waals surface area contributed by atoms with Gasteiger partial charge in [0.05, 0.1) is 0 Å². The lowest BCUT2D eigenvalue weighted by Gasteiger charge is -2.22. The topological polar surface area (TPSA) is 45.2 Å². The largest absolute Gasteiger partial charge is 0.352 e. The molecule has 0 fully saturated rings. The number of carbonyl (C=O) groups is 1. The van der Waals surface area contributed by atoms with Crippen LogP contribution in [0.5, 0.6) is 0 Å².